The molecule has 3 aromatic carbocycles. The minimum atomic E-state index is -1.20. The summed E-state index contributed by atoms with van der Waals surface area (Å²) < 4.78 is 23.5. The quantitative estimate of drug-likeness (QED) is 0.308. The molecule has 184 valence electrons. The highest BCUT2D eigenvalue weighted by Crippen LogP contribution is 2.41. The van der Waals surface area contributed by atoms with Crippen molar-refractivity contribution in [2.24, 2.45) is 0 Å². The number of aromatic nitrogens is 1. The van der Waals surface area contributed by atoms with Gasteiger partial charge in [0.05, 0.1) is 25.3 Å². The lowest BCUT2D eigenvalue weighted by atomic mass is 9.95. The molecule has 1 aliphatic rings. The first-order chi connectivity index (χ1) is 17.4. The maximum atomic E-state index is 13.0. The molecule has 0 bridgehead atoms. The summed E-state index contributed by atoms with van der Waals surface area (Å²) in [5, 5.41) is 1.48. The van der Waals surface area contributed by atoms with Crippen molar-refractivity contribution in [3.05, 3.63) is 104 Å². The molecule has 0 spiro atoms. The van der Waals surface area contributed by atoms with Crippen LogP contribution in [-0.4, -0.2) is 30.8 Å². The van der Waals surface area contributed by atoms with E-state index in [1.165, 1.54) is 0 Å². The largest absolute Gasteiger partial charge is 0.462 e. The van der Waals surface area contributed by atoms with Gasteiger partial charge in [-0.05, 0) is 49.4 Å². The van der Waals surface area contributed by atoms with Crippen LogP contribution in [0.4, 0.5) is 0 Å². The molecule has 1 aromatic heterocycles. The van der Waals surface area contributed by atoms with E-state index < -0.39 is 17.3 Å². The molecule has 1 fully saturated rings. The first-order valence-electron chi connectivity index (χ1n) is 11.3. The second-order valence-electron chi connectivity index (χ2n) is 8.02. The van der Waals surface area contributed by atoms with Gasteiger partial charge in [-0.15, -0.1) is 0 Å². The number of fused-ring (bicyclic) bond motifs is 1. The fourth-order valence-corrected chi connectivity index (χ4v) is 4.50. The van der Waals surface area contributed by atoms with E-state index in [4.69, 9.17) is 42.1 Å². The highest BCUT2D eigenvalue weighted by Gasteiger charge is 2.41. The molecule has 5 rings (SSSR count). The van der Waals surface area contributed by atoms with E-state index in [1.807, 2.05) is 12.1 Å². The monoisotopic (exact) mass is 525 g/mol. The molecule has 2 heterocycles. The van der Waals surface area contributed by atoms with Crippen LogP contribution in [0.5, 0.6) is 11.5 Å². The average molecular weight is 526 g/mol. The van der Waals surface area contributed by atoms with Gasteiger partial charge in [0, 0.05) is 26.6 Å². The number of hydrogen-bond donors (Lipinski definition) is 1. The summed E-state index contributed by atoms with van der Waals surface area (Å²) in [4.78, 5) is 28.5. The van der Waals surface area contributed by atoms with E-state index in [0.717, 1.165) is 5.56 Å². The van der Waals surface area contributed by atoms with Crippen LogP contribution < -0.4 is 10.3 Å². The Kier molecular flexibility index (Phi) is 6.73. The van der Waals surface area contributed by atoms with Gasteiger partial charge in [-0.25, -0.2) is 4.79 Å². The summed E-state index contributed by atoms with van der Waals surface area (Å²) >= 11 is 12.2. The van der Waals surface area contributed by atoms with Crippen molar-refractivity contribution in [2.45, 2.75) is 12.7 Å². The fraction of sp³-hybridized carbons (Fsp3) is 0.185. The molecule has 9 heteroatoms. The zero-order valence-electron chi connectivity index (χ0n) is 19.2. The normalized spacial score (nSPS) is 14.6. The van der Waals surface area contributed by atoms with Crippen LogP contribution in [0.15, 0.2) is 71.5 Å². The number of aromatic amines is 1. The standard InChI is InChI=1S/C27H21Cl2NO6/c1-2-33-26(32)23-24(36-20-5-3-4-19(29)15-20)21-14-17(8-11-22(21)30-25(23)31)27(34-12-13-35-27)16-6-9-18(28)10-7-16/h3-11,14-15H,2,12-13H2,1H3,(H,30,31). The first-order valence-corrected chi connectivity index (χ1v) is 12.0. The third-order valence-electron chi connectivity index (χ3n) is 5.76. The number of halogens is 2. The minimum Gasteiger partial charge on any atom is -0.462 e. The zero-order chi connectivity index (χ0) is 25.3. The Morgan fingerprint density at radius 3 is 2.39 bits per heavy atom. The van der Waals surface area contributed by atoms with Crippen molar-refractivity contribution in [3.63, 3.8) is 0 Å². The summed E-state index contributed by atoms with van der Waals surface area (Å²) in [6.45, 7) is 2.51. The average Bonchev–Trinajstić information content (AvgIpc) is 3.35. The molecule has 7 nitrogen and oxygen atoms in total. The minimum absolute atomic E-state index is 0.0422. The van der Waals surface area contributed by atoms with E-state index >= 15 is 0 Å². The third-order valence-corrected chi connectivity index (χ3v) is 6.25. The number of carbonyl (C=O) groups is 1. The summed E-state index contributed by atoms with van der Waals surface area (Å²) in [7, 11) is 0. The predicted molar refractivity (Wildman–Crippen MR) is 136 cm³/mol. The Bertz CT molecular complexity index is 1490. The Balaban J connectivity index is 1.74. The first kappa shape index (κ1) is 24.3. The van der Waals surface area contributed by atoms with Crippen molar-refractivity contribution in [1.82, 2.24) is 4.98 Å². The van der Waals surface area contributed by atoms with E-state index in [0.29, 0.717) is 45.5 Å². The zero-order valence-corrected chi connectivity index (χ0v) is 20.7. The van der Waals surface area contributed by atoms with Crippen molar-refractivity contribution < 1.29 is 23.7 Å². The highest BCUT2D eigenvalue weighted by molar-refractivity contribution is 6.30. The van der Waals surface area contributed by atoms with Gasteiger partial charge in [-0.3, -0.25) is 4.79 Å². The molecule has 0 atom stereocenters. The number of H-pyrrole nitrogens is 1. The number of esters is 1. The molecule has 0 unspecified atom stereocenters. The SMILES string of the molecule is CCOC(=O)c1c(Oc2cccc(Cl)c2)c2cc(C3(c4ccc(Cl)cc4)OCCO3)ccc2[nH]c1=O. The molecule has 1 N–H and O–H groups in total. The highest BCUT2D eigenvalue weighted by atomic mass is 35.5. The molecule has 1 aliphatic heterocycles. The van der Waals surface area contributed by atoms with Gasteiger partial charge in [0.2, 0.25) is 5.79 Å². The van der Waals surface area contributed by atoms with Crippen LogP contribution in [0.2, 0.25) is 10.0 Å². The van der Waals surface area contributed by atoms with Gasteiger partial charge in [0.15, 0.2) is 11.3 Å². The second-order valence-corrected chi connectivity index (χ2v) is 8.89. The maximum Gasteiger partial charge on any atom is 0.347 e. The van der Waals surface area contributed by atoms with E-state index in [1.54, 1.807) is 61.5 Å². The Morgan fingerprint density at radius 2 is 1.69 bits per heavy atom. The maximum absolute atomic E-state index is 13.0. The molecule has 36 heavy (non-hydrogen) atoms. The molecule has 0 amide bonds. The number of rotatable bonds is 6. The van der Waals surface area contributed by atoms with E-state index in [9.17, 15) is 9.59 Å². The van der Waals surface area contributed by atoms with Gasteiger partial charge in [0.1, 0.15) is 5.75 Å². The molecular formula is C27H21Cl2NO6. The van der Waals surface area contributed by atoms with Crippen LogP contribution in [0.1, 0.15) is 28.4 Å². The lowest BCUT2D eigenvalue weighted by Gasteiger charge is -2.29. The van der Waals surface area contributed by atoms with Gasteiger partial charge in [-0.2, -0.15) is 0 Å². The summed E-state index contributed by atoms with van der Waals surface area (Å²) in [5.74, 6) is -1.61. The van der Waals surface area contributed by atoms with Gasteiger partial charge in [0.25, 0.3) is 5.56 Å². The van der Waals surface area contributed by atoms with Crippen LogP contribution in [0.3, 0.4) is 0 Å². The van der Waals surface area contributed by atoms with Gasteiger partial charge < -0.3 is 23.9 Å². The second kappa shape index (κ2) is 9.95. The van der Waals surface area contributed by atoms with Crippen molar-refractivity contribution >= 4 is 40.1 Å². The number of hydrogen-bond acceptors (Lipinski definition) is 6. The van der Waals surface area contributed by atoms with E-state index in [-0.39, 0.29) is 17.9 Å². The number of ether oxygens (including phenoxy) is 4. The van der Waals surface area contributed by atoms with Crippen molar-refractivity contribution in [2.75, 3.05) is 19.8 Å². The Labute approximate surface area is 216 Å². The Hall–Kier alpha value is -3.36. The number of carbonyl (C=O) groups excluding carboxylic acids is 1. The lowest BCUT2D eigenvalue weighted by molar-refractivity contribution is -0.129. The summed E-state index contributed by atoms with van der Waals surface area (Å²) in [6.07, 6.45) is 0. The topological polar surface area (TPSA) is 86.8 Å². The fourth-order valence-electron chi connectivity index (χ4n) is 4.19. The van der Waals surface area contributed by atoms with E-state index in [2.05, 4.69) is 4.98 Å². The summed E-state index contributed by atoms with van der Waals surface area (Å²) in [5.41, 5.74) is 0.962. The smallest absolute Gasteiger partial charge is 0.347 e. The Morgan fingerprint density at radius 1 is 0.972 bits per heavy atom. The number of nitrogens with one attached hydrogen (secondary N) is 1. The molecule has 0 aliphatic carbocycles. The molecule has 0 radical (unpaired) electrons. The van der Waals surface area contributed by atoms with Gasteiger partial charge >= 0.3 is 5.97 Å². The molecule has 0 saturated carbocycles. The third kappa shape index (κ3) is 4.47. The summed E-state index contributed by atoms with van der Waals surface area (Å²) in [6, 6.07) is 19.1. The van der Waals surface area contributed by atoms with Gasteiger partial charge in [-0.1, -0.05) is 47.5 Å². The molecule has 1 saturated heterocycles. The predicted octanol–water partition coefficient (Wildman–Crippen LogP) is 6.05. The van der Waals surface area contributed by atoms with Crippen molar-refractivity contribution in [1.29, 1.82) is 0 Å². The lowest BCUT2D eigenvalue weighted by Crippen LogP contribution is -2.29. The molecular weight excluding hydrogens is 505 g/mol. The van der Waals surface area contributed by atoms with Crippen LogP contribution >= 0.6 is 23.2 Å². The van der Waals surface area contributed by atoms with Crippen LogP contribution in [0.25, 0.3) is 10.9 Å². The van der Waals surface area contributed by atoms with Crippen LogP contribution in [0, 0.1) is 0 Å². The molecule has 4 aromatic rings. The van der Waals surface area contributed by atoms with Crippen LogP contribution in [-0.2, 0) is 20.0 Å². The number of benzene rings is 3. The van der Waals surface area contributed by atoms with Crippen molar-refractivity contribution in [3.8, 4) is 11.5 Å². The number of pyridine rings is 1.